The van der Waals surface area contributed by atoms with E-state index in [4.69, 9.17) is 9.47 Å². The molecule has 4 aliphatic rings. The Hall–Kier alpha value is -1.39. The Labute approximate surface area is 210 Å². The van der Waals surface area contributed by atoms with Gasteiger partial charge in [0, 0.05) is 38.4 Å². The van der Waals surface area contributed by atoms with Gasteiger partial charge < -0.3 is 19.3 Å². The van der Waals surface area contributed by atoms with Gasteiger partial charge in [-0.05, 0) is 57.8 Å². The SMILES string of the molecule is CCS(=O)(=O)NC1CCCC(C2CCC3C(C2)N(C(=O)OC2CCOCC2)C[C@H](C)N3C(C)=O)C1. The van der Waals surface area contributed by atoms with Crippen LogP contribution in [0.4, 0.5) is 4.79 Å². The fraction of sp³-hybridized carbons (Fsp3) is 0.920. The van der Waals surface area contributed by atoms with E-state index in [1.807, 2.05) is 16.7 Å². The van der Waals surface area contributed by atoms with Gasteiger partial charge in [0.15, 0.2) is 0 Å². The third-order valence-electron chi connectivity index (χ3n) is 8.66. The first-order valence-corrected chi connectivity index (χ1v) is 15.2. The summed E-state index contributed by atoms with van der Waals surface area (Å²) in [5.41, 5.74) is 0. The number of hydrogen-bond donors (Lipinski definition) is 1. The van der Waals surface area contributed by atoms with Crippen LogP contribution in [0.5, 0.6) is 0 Å². The summed E-state index contributed by atoms with van der Waals surface area (Å²) in [7, 11) is -3.22. The third kappa shape index (κ3) is 6.31. The lowest BCUT2D eigenvalue weighted by Gasteiger charge is -2.54. The van der Waals surface area contributed by atoms with Crippen molar-refractivity contribution in [3.8, 4) is 0 Å². The lowest BCUT2D eigenvalue weighted by Crippen LogP contribution is -2.67. The van der Waals surface area contributed by atoms with Gasteiger partial charge in [0.25, 0.3) is 0 Å². The summed E-state index contributed by atoms with van der Waals surface area (Å²) < 4.78 is 38.5. The quantitative estimate of drug-likeness (QED) is 0.606. The molecule has 0 radical (unpaired) electrons. The molecule has 9 nitrogen and oxygen atoms in total. The highest BCUT2D eigenvalue weighted by Crippen LogP contribution is 2.43. The van der Waals surface area contributed by atoms with Gasteiger partial charge in [-0.2, -0.15) is 0 Å². The van der Waals surface area contributed by atoms with Crippen LogP contribution < -0.4 is 4.72 Å². The van der Waals surface area contributed by atoms with Crippen LogP contribution in [-0.2, 0) is 24.3 Å². The molecule has 0 aromatic carbocycles. The summed E-state index contributed by atoms with van der Waals surface area (Å²) in [6.45, 7) is 7.03. The number of fused-ring (bicyclic) bond motifs is 1. The molecule has 0 spiro atoms. The predicted molar refractivity (Wildman–Crippen MR) is 132 cm³/mol. The number of piperazine rings is 1. The lowest BCUT2D eigenvalue weighted by atomic mass is 9.69. The monoisotopic (exact) mass is 513 g/mol. The van der Waals surface area contributed by atoms with Crippen molar-refractivity contribution in [1.29, 1.82) is 0 Å². The van der Waals surface area contributed by atoms with E-state index in [0.29, 0.717) is 31.6 Å². The van der Waals surface area contributed by atoms with E-state index in [1.165, 1.54) is 0 Å². The Bertz CT molecular complexity index is 861. The van der Waals surface area contributed by atoms with Crippen LogP contribution in [0, 0.1) is 11.8 Å². The van der Waals surface area contributed by atoms with E-state index in [9.17, 15) is 18.0 Å². The molecular formula is C25H43N3O6S. The average Bonchev–Trinajstić information content (AvgIpc) is 2.83. The van der Waals surface area contributed by atoms with Crippen molar-refractivity contribution in [2.24, 2.45) is 11.8 Å². The molecule has 35 heavy (non-hydrogen) atoms. The minimum atomic E-state index is -3.22. The van der Waals surface area contributed by atoms with E-state index >= 15 is 0 Å². The van der Waals surface area contributed by atoms with Crippen LogP contribution in [0.2, 0.25) is 0 Å². The largest absolute Gasteiger partial charge is 0.446 e. The fourth-order valence-electron chi connectivity index (χ4n) is 6.94. The second kappa shape index (κ2) is 11.3. The van der Waals surface area contributed by atoms with Gasteiger partial charge >= 0.3 is 6.09 Å². The number of amides is 2. The zero-order chi connectivity index (χ0) is 25.2. The number of rotatable bonds is 5. The molecule has 2 saturated carbocycles. The normalized spacial score (nSPS) is 34.8. The first-order chi connectivity index (χ1) is 16.7. The fourth-order valence-corrected chi connectivity index (χ4v) is 7.83. The summed E-state index contributed by atoms with van der Waals surface area (Å²) in [6, 6.07) is -0.109. The van der Waals surface area contributed by atoms with Crippen molar-refractivity contribution < 1.29 is 27.5 Å². The standard InChI is InChI=1S/C25H43N3O6S/c1-4-35(31,32)26-21-7-5-6-19(14-21)20-8-9-23-24(15-20)27(16-17(2)28(23)18(3)29)25(30)34-22-10-12-33-13-11-22/h17,19-24,26H,4-16H2,1-3H3/t17-,19?,20?,21?,23?,24?/m0/s1. The van der Waals surface area contributed by atoms with Crippen molar-refractivity contribution in [2.45, 2.75) is 109 Å². The molecule has 0 bridgehead atoms. The summed E-state index contributed by atoms with van der Waals surface area (Å²) in [5, 5.41) is 0. The van der Waals surface area contributed by atoms with Crippen molar-refractivity contribution in [2.75, 3.05) is 25.5 Å². The summed E-state index contributed by atoms with van der Waals surface area (Å²) in [6.07, 6.45) is 7.60. The van der Waals surface area contributed by atoms with Crippen LogP contribution in [0.25, 0.3) is 0 Å². The molecule has 200 valence electrons. The van der Waals surface area contributed by atoms with Gasteiger partial charge in [-0.25, -0.2) is 17.9 Å². The van der Waals surface area contributed by atoms with Crippen LogP contribution in [0.15, 0.2) is 0 Å². The molecule has 2 amide bonds. The third-order valence-corrected chi connectivity index (χ3v) is 10.1. The maximum Gasteiger partial charge on any atom is 0.410 e. The summed E-state index contributed by atoms with van der Waals surface area (Å²) >= 11 is 0. The molecule has 4 rings (SSSR count). The number of nitrogens with one attached hydrogen (secondary N) is 1. The molecule has 0 aromatic heterocycles. The average molecular weight is 514 g/mol. The Morgan fingerprint density at radius 1 is 1.00 bits per heavy atom. The van der Waals surface area contributed by atoms with Gasteiger partial charge in [-0.15, -0.1) is 0 Å². The van der Waals surface area contributed by atoms with Gasteiger partial charge in [-0.1, -0.05) is 12.8 Å². The van der Waals surface area contributed by atoms with Crippen LogP contribution in [0.3, 0.4) is 0 Å². The van der Waals surface area contributed by atoms with Crippen LogP contribution >= 0.6 is 0 Å². The molecule has 2 heterocycles. The summed E-state index contributed by atoms with van der Waals surface area (Å²) in [4.78, 5) is 29.8. The van der Waals surface area contributed by atoms with Gasteiger partial charge in [0.05, 0.1) is 31.1 Å². The van der Waals surface area contributed by atoms with Crippen molar-refractivity contribution in [3.05, 3.63) is 0 Å². The Balaban J connectivity index is 1.47. The zero-order valence-electron chi connectivity index (χ0n) is 21.5. The maximum absolute atomic E-state index is 13.4. The molecule has 10 heteroatoms. The van der Waals surface area contributed by atoms with Crippen molar-refractivity contribution >= 4 is 22.0 Å². The molecule has 2 aliphatic heterocycles. The Kier molecular flexibility index (Phi) is 8.64. The number of hydrogen-bond acceptors (Lipinski definition) is 6. The van der Waals surface area contributed by atoms with Gasteiger partial charge in [-0.3, -0.25) is 4.79 Å². The molecule has 6 atom stereocenters. The van der Waals surface area contributed by atoms with E-state index < -0.39 is 10.0 Å². The molecule has 4 fully saturated rings. The second-order valence-corrected chi connectivity index (χ2v) is 13.0. The molecule has 2 saturated heterocycles. The number of sulfonamides is 1. The molecule has 2 aliphatic carbocycles. The van der Waals surface area contributed by atoms with Gasteiger partial charge in [0.2, 0.25) is 15.9 Å². The zero-order valence-corrected chi connectivity index (χ0v) is 22.3. The number of ether oxygens (including phenoxy) is 2. The predicted octanol–water partition coefficient (Wildman–Crippen LogP) is 2.89. The molecule has 1 N–H and O–H groups in total. The minimum Gasteiger partial charge on any atom is -0.446 e. The van der Waals surface area contributed by atoms with E-state index in [2.05, 4.69) is 4.72 Å². The highest BCUT2D eigenvalue weighted by molar-refractivity contribution is 7.89. The Morgan fingerprint density at radius 3 is 2.40 bits per heavy atom. The van der Waals surface area contributed by atoms with Crippen molar-refractivity contribution in [1.82, 2.24) is 14.5 Å². The molecule has 5 unspecified atom stereocenters. The Morgan fingerprint density at radius 2 is 1.71 bits per heavy atom. The molecular weight excluding hydrogens is 470 g/mol. The van der Waals surface area contributed by atoms with Crippen molar-refractivity contribution in [3.63, 3.8) is 0 Å². The second-order valence-electron chi connectivity index (χ2n) is 11.0. The van der Waals surface area contributed by atoms with E-state index in [-0.39, 0.29) is 48.0 Å². The van der Waals surface area contributed by atoms with Crippen LogP contribution in [-0.4, -0.2) is 86.0 Å². The number of carbonyl (C=O) groups is 2. The summed E-state index contributed by atoms with van der Waals surface area (Å²) in [5.74, 6) is 0.999. The topological polar surface area (TPSA) is 105 Å². The van der Waals surface area contributed by atoms with E-state index in [0.717, 1.165) is 57.8 Å². The first kappa shape index (κ1) is 26.7. The highest BCUT2D eigenvalue weighted by atomic mass is 32.2. The smallest absolute Gasteiger partial charge is 0.410 e. The first-order valence-electron chi connectivity index (χ1n) is 13.5. The lowest BCUT2D eigenvalue weighted by molar-refractivity contribution is -0.143. The van der Waals surface area contributed by atoms with Gasteiger partial charge in [0.1, 0.15) is 6.10 Å². The number of nitrogens with zero attached hydrogens (tertiary/aromatic N) is 2. The van der Waals surface area contributed by atoms with Crippen LogP contribution in [0.1, 0.15) is 78.6 Å². The maximum atomic E-state index is 13.4. The molecule has 0 aromatic rings. The minimum absolute atomic E-state index is 0.00715. The highest BCUT2D eigenvalue weighted by Gasteiger charge is 2.48. The van der Waals surface area contributed by atoms with E-state index in [1.54, 1.807) is 13.8 Å². The number of carbonyl (C=O) groups excluding carboxylic acids is 2.